The summed E-state index contributed by atoms with van der Waals surface area (Å²) in [4.78, 5) is 30.1. The first-order chi connectivity index (χ1) is 12.9. The number of halogens is 1. The van der Waals surface area contributed by atoms with Gasteiger partial charge in [-0.3, -0.25) is 9.59 Å². The average molecular weight is 380 g/mol. The van der Waals surface area contributed by atoms with Crippen molar-refractivity contribution in [3.63, 3.8) is 0 Å². The Balaban J connectivity index is 1.65. The van der Waals surface area contributed by atoms with Crippen LogP contribution < -0.4 is 5.32 Å². The van der Waals surface area contributed by atoms with Crippen molar-refractivity contribution in [3.8, 4) is 11.3 Å². The second-order valence-corrected chi connectivity index (χ2v) is 7.81. The maximum absolute atomic E-state index is 13.0. The summed E-state index contributed by atoms with van der Waals surface area (Å²) in [5.74, 6) is -1.07. The maximum atomic E-state index is 13.0. The second-order valence-electron chi connectivity index (χ2n) is 6.78. The summed E-state index contributed by atoms with van der Waals surface area (Å²) in [5.41, 5.74) is 3.32. The highest BCUT2D eigenvalue weighted by molar-refractivity contribution is 7.15. The Morgan fingerprint density at radius 1 is 1.04 bits per heavy atom. The number of carbonyl (C=O) groups excluding carboxylic acids is 2. The van der Waals surface area contributed by atoms with Gasteiger partial charge in [0, 0.05) is 29.3 Å². The van der Waals surface area contributed by atoms with E-state index >= 15 is 0 Å². The van der Waals surface area contributed by atoms with Gasteiger partial charge < -0.3 is 5.32 Å². The number of anilines is 1. The van der Waals surface area contributed by atoms with E-state index < -0.39 is 11.6 Å². The highest BCUT2D eigenvalue weighted by atomic mass is 32.1. The van der Waals surface area contributed by atoms with Crippen LogP contribution in [0.5, 0.6) is 0 Å². The van der Waals surface area contributed by atoms with Gasteiger partial charge in [-0.15, -0.1) is 11.3 Å². The summed E-state index contributed by atoms with van der Waals surface area (Å²) >= 11 is 1.30. The molecule has 0 fully saturated rings. The Kier molecular flexibility index (Phi) is 4.36. The Hall–Kier alpha value is -2.86. The van der Waals surface area contributed by atoms with Crippen LogP contribution in [0.2, 0.25) is 0 Å². The van der Waals surface area contributed by atoms with Gasteiger partial charge in [0.1, 0.15) is 10.7 Å². The molecule has 3 aromatic rings. The van der Waals surface area contributed by atoms with Gasteiger partial charge in [-0.2, -0.15) is 0 Å². The maximum Gasteiger partial charge on any atom is 0.245 e. The fourth-order valence-corrected chi connectivity index (χ4v) is 4.02. The molecule has 0 unspecified atom stereocenters. The molecule has 1 heterocycles. The minimum absolute atomic E-state index is 0.198. The number of nitrogens with zero attached hydrogens (tertiary/aromatic N) is 1. The lowest BCUT2D eigenvalue weighted by Gasteiger charge is -2.15. The molecule has 2 aromatic carbocycles. The Morgan fingerprint density at radius 3 is 2.48 bits per heavy atom. The van der Waals surface area contributed by atoms with Crippen molar-refractivity contribution < 1.29 is 14.0 Å². The third-order valence-corrected chi connectivity index (χ3v) is 5.83. The van der Waals surface area contributed by atoms with Crippen molar-refractivity contribution in [2.75, 3.05) is 5.32 Å². The van der Waals surface area contributed by atoms with Gasteiger partial charge in [-0.05, 0) is 35.9 Å². The standard InChI is InChI=1S/C21H17FN2O2S/c1-11(2)21-24-17-15-8-7-14(23-10-12-3-5-13(22)6-4-12)9-16(15)18(25)19(26)20(17)27-21/h3-9,11,23H,10H2,1-2H3. The van der Waals surface area contributed by atoms with E-state index in [4.69, 9.17) is 0 Å². The van der Waals surface area contributed by atoms with Gasteiger partial charge in [-0.25, -0.2) is 9.37 Å². The summed E-state index contributed by atoms with van der Waals surface area (Å²) in [6.07, 6.45) is 0. The molecular weight excluding hydrogens is 363 g/mol. The van der Waals surface area contributed by atoms with Crippen molar-refractivity contribution in [1.29, 1.82) is 0 Å². The number of rotatable bonds is 4. The van der Waals surface area contributed by atoms with Crippen LogP contribution in [0.1, 0.15) is 50.4 Å². The molecule has 1 aliphatic carbocycles. The molecule has 4 rings (SSSR count). The second kappa shape index (κ2) is 6.70. The van der Waals surface area contributed by atoms with Gasteiger partial charge >= 0.3 is 0 Å². The van der Waals surface area contributed by atoms with Gasteiger partial charge in [0.05, 0.1) is 10.7 Å². The molecule has 0 bridgehead atoms. The van der Waals surface area contributed by atoms with E-state index in [0.717, 1.165) is 16.3 Å². The Labute approximate surface area is 160 Å². The van der Waals surface area contributed by atoms with Crippen LogP contribution in [-0.4, -0.2) is 16.6 Å². The number of aromatic nitrogens is 1. The molecule has 0 aliphatic heterocycles. The molecule has 27 heavy (non-hydrogen) atoms. The van der Waals surface area contributed by atoms with Crippen LogP contribution in [-0.2, 0) is 6.54 Å². The number of nitrogens with one attached hydrogen (secondary N) is 1. The van der Waals surface area contributed by atoms with E-state index in [1.165, 1.54) is 23.5 Å². The molecule has 136 valence electrons. The molecule has 0 spiro atoms. The first kappa shape index (κ1) is 17.5. The Bertz CT molecular complexity index is 1050. The molecule has 1 aliphatic rings. The first-order valence-electron chi connectivity index (χ1n) is 8.66. The third-order valence-electron chi connectivity index (χ3n) is 4.48. The third kappa shape index (κ3) is 3.17. The molecule has 6 heteroatoms. The number of hydrogen-bond acceptors (Lipinski definition) is 5. The lowest BCUT2D eigenvalue weighted by molar-refractivity contribution is 0.0817. The Morgan fingerprint density at radius 2 is 1.78 bits per heavy atom. The molecule has 0 amide bonds. The van der Waals surface area contributed by atoms with Gasteiger partial charge in [-0.1, -0.05) is 26.0 Å². The zero-order valence-electron chi connectivity index (χ0n) is 14.9. The number of hydrogen-bond donors (Lipinski definition) is 1. The molecule has 0 radical (unpaired) electrons. The summed E-state index contributed by atoms with van der Waals surface area (Å²) in [6, 6.07) is 11.6. The highest BCUT2D eigenvalue weighted by Gasteiger charge is 2.34. The van der Waals surface area contributed by atoms with Crippen LogP contribution >= 0.6 is 11.3 Å². The zero-order chi connectivity index (χ0) is 19.1. The molecular formula is C21H17FN2O2S. The zero-order valence-corrected chi connectivity index (χ0v) is 15.7. The van der Waals surface area contributed by atoms with Crippen molar-refractivity contribution >= 4 is 28.6 Å². The molecule has 1 N–H and O–H groups in total. The number of carbonyl (C=O) groups is 2. The fraction of sp³-hybridized carbons (Fsp3) is 0.190. The lowest BCUT2D eigenvalue weighted by Crippen LogP contribution is -2.20. The highest BCUT2D eigenvalue weighted by Crippen LogP contribution is 2.39. The van der Waals surface area contributed by atoms with E-state index in [1.807, 2.05) is 26.0 Å². The van der Waals surface area contributed by atoms with Crippen LogP contribution in [0.3, 0.4) is 0 Å². The van der Waals surface area contributed by atoms with E-state index in [-0.39, 0.29) is 11.7 Å². The van der Waals surface area contributed by atoms with E-state index in [9.17, 15) is 14.0 Å². The van der Waals surface area contributed by atoms with Gasteiger partial charge in [0.15, 0.2) is 0 Å². The van der Waals surface area contributed by atoms with Crippen LogP contribution in [0.25, 0.3) is 11.3 Å². The number of ketones is 2. The van der Waals surface area contributed by atoms with E-state index in [1.54, 1.807) is 18.2 Å². The molecule has 0 saturated carbocycles. The molecule has 0 atom stereocenters. The van der Waals surface area contributed by atoms with Crippen molar-refractivity contribution in [2.24, 2.45) is 0 Å². The number of Topliss-reactive ketones (excluding diaryl/α,β-unsaturated/α-hetero) is 2. The SMILES string of the molecule is CC(C)c1nc2c(s1)C(=O)C(=O)c1cc(NCc3ccc(F)cc3)ccc1-2. The van der Waals surface area contributed by atoms with E-state index in [0.29, 0.717) is 28.2 Å². The van der Waals surface area contributed by atoms with Crippen LogP contribution in [0.4, 0.5) is 10.1 Å². The van der Waals surface area contributed by atoms with Gasteiger partial charge in [0.25, 0.3) is 0 Å². The van der Waals surface area contributed by atoms with Crippen molar-refractivity contribution in [2.45, 2.75) is 26.3 Å². The van der Waals surface area contributed by atoms with E-state index in [2.05, 4.69) is 10.3 Å². The van der Waals surface area contributed by atoms with Crippen molar-refractivity contribution in [1.82, 2.24) is 4.98 Å². The predicted octanol–water partition coefficient (Wildman–Crippen LogP) is 5.06. The largest absolute Gasteiger partial charge is 0.381 e. The summed E-state index contributed by atoms with van der Waals surface area (Å²) in [5, 5.41) is 4.06. The number of benzene rings is 2. The summed E-state index contributed by atoms with van der Waals surface area (Å²) in [6.45, 7) is 4.51. The quantitative estimate of drug-likeness (QED) is 0.643. The van der Waals surface area contributed by atoms with Gasteiger partial charge in [0.2, 0.25) is 11.6 Å². The summed E-state index contributed by atoms with van der Waals surface area (Å²) in [7, 11) is 0. The molecule has 0 saturated heterocycles. The monoisotopic (exact) mass is 380 g/mol. The molecule has 1 aromatic heterocycles. The smallest absolute Gasteiger partial charge is 0.245 e. The predicted molar refractivity (Wildman–Crippen MR) is 104 cm³/mol. The van der Waals surface area contributed by atoms with Crippen molar-refractivity contribution in [3.05, 3.63) is 69.3 Å². The average Bonchev–Trinajstić information content (AvgIpc) is 3.11. The number of fused-ring (bicyclic) bond motifs is 3. The summed E-state index contributed by atoms with van der Waals surface area (Å²) < 4.78 is 13.0. The van der Waals surface area contributed by atoms with Crippen LogP contribution in [0, 0.1) is 5.82 Å². The minimum Gasteiger partial charge on any atom is -0.381 e. The normalized spacial score (nSPS) is 12.9. The lowest BCUT2D eigenvalue weighted by atomic mass is 9.91. The minimum atomic E-state index is -0.498. The fourth-order valence-electron chi connectivity index (χ4n) is 3.00. The molecule has 4 nitrogen and oxygen atoms in total. The number of thiazole rings is 1. The first-order valence-corrected chi connectivity index (χ1v) is 9.48. The van der Waals surface area contributed by atoms with Crippen LogP contribution in [0.15, 0.2) is 42.5 Å². The topological polar surface area (TPSA) is 59.1 Å².